The Balaban J connectivity index is 1.75. The lowest BCUT2D eigenvalue weighted by molar-refractivity contribution is -0.133. The molecule has 4 rings (SSSR count). The first-order chi connectivity index (χ1) is 14.6. The number of aryl methyl sites for hydroxylation is 2. The van der Waals surface area contributed by atoms with Gasteiger partial charge in [-0.3, -0.25) is 4.79 Å². The molecule has 1 fully saturated rings. The molecule has 0 bridgehead atoms. The molecule has 0 unspecified atom stereocenters. The topological polar surface area (TPSA) is 47.4 Å². The molecule has 1 amide bonds. The molecule has 0 spiro atoms. The fraction of sp³-hybridized carbons (Fsp3) is 0.360. The fourth-order valence-corrected chi connectivity index (χ4v) is 3.76. The molecular weight excluding hydrogens is 374 g/mol. The van der Waals surface area contributed by atoms with E-state index in [4.69, 9.17) is 9.84 Å². The lowest BCUT2D eigenvalue weighted by Gasteiger charge is -2.23. The minimum absolute atomic E-state index is 0.189. The quantitative estimate of drug-likeness (QED) is 0.510. The van der Waals surface area contributed by atoms with Gasteiger partial charge in [0, 0.05) is 25.1 Å². The number of amides is 1. The molecule has 0 atom stereocenters. The Kier molecular flexibility index (Phi) is 5.88. The van der Waals surface area contributed by atoms with Crippen LogP contribution in [-0.2, 0) is 18.4 Å². The van der Waals surface area contributed by atoms with Crippen molar-refractivity contribution in [1.82, 2.24) is 14.7 Å². The minimum atomic E-state index is 0.189. The third-order valence-corrected chi connectivity index (χ3v) is 5.42. The average molecular weight is 404 g/mol. The van der Waals surface area contributed by atoms with Gasteiger partial charge < -0.3 is 9.64 Å². The van der Waals surface area contributed by atoms with Gasteiger partial charge in [-0.1, -0.05) is 49.4 Å². The molecule has 3 aromatic rings. The predicted octanol–water partition coefficient (Wildman–Crippen LogP) is 5.34. The van der Waals surface area contributed by atoms with Crippen LogP contribution < -0.4 is 4.74 Å². The van der Waals surface area contributed by atoms with Crippen molar-refractivity contribution in [3.63, 3.8) is 0 Å². The van der Waals surface area contributed by atoms with Crippen molar-refractivity contribution in [3.05, 3.63) is 65.7 Å². The van der Waals surface area contributed by atoms with Crippen LogP contribution in [0, 0.1) is 12.8 Å². The molecule has 1 heterocycles. The van der Waals surface area contributed by atoms with Gasteiger partial charge in [0.2, 0.25) is 11.8 Å². The van der Waals surface area contributed by atoms with Crippen molar-refractivity contribution >= 4 is 5.91 Å². The Bertz CT molecular complexity index is 1020. The Morgan fingerprint density at radius 2 is 1.93 bits per heavy atom. The van der Waals surface area contributed by atoms with E-state index in [9.17, 15) is 4.79 Å². The average Bonchev–Trinajstić information content (AvgIpc) is 3.55. The van der Waals surface area contributed by atoms with Crippen molar-refractivity contribution in [3.8, 4) is 22.9 Å². The predicted molar refractivity (Wildman–Crippen MR) is 118 cm³/mol. The second-order valence-electron chi connectivity index (χ2n) is 8.07. The van der Waals surface area contributed by atoms with E-state index in [0.29, 0.717) is 12.4 Å². The zero-order chi connectivity index (χ0) is 21.1. The van der Waals surface area contributed by atoms with Gasteiger partial charge in [-0.2, -0.15) is 5.10 Å². The summed E-state index contributed by atoms with van der Waals surface area (Å²) in [6.07, 6.45) is 2.93. The fourth-order valence-electron chi connectivity index (χ4n) is 3.76. The molecule has 0 saturated heterocycles. The monoisotopic (exact) mass is 403 g/mol. The van der Waals surface area contributed by atoms with Crippen LogP contribution in [0.15, 0.2) is 54.6 Å². The maximum absolute atomic E-state index is 12.9. The van der Waals surface area contributed by atoms with Crippen LogP contribution in [0.25, 0.3) is 11.3 Å². The molecule has 1 aromatic heterocycles. The number of benzene rings is 2. The van der Waals surface area contributed by atoms with E-state index in [1.54, 1.807) is 4.68 Å². The Hall–Kier alpha value is -3.08. The Morgan fingerprint density at radius 3 is 2.60 bits per heavy atom. The number of aromatic nitrogens is 2. The number of hydrogen-bond donors (Lipinski definition) is 0. The molecule has 156 valence electrons. The first-order valence-electron chi connectivity index (χ1n) is 10.7. The number of nitrogens with zero attached hydrogens (tertiary/aromatic N) is 3. The van der Waals surface area contributed by atoms with E-state index in [1.807, 2.05) is 61.3 Å². The van der Waals surface area contributed by atoms with Gasteiger partial charge in [0.15, 0.2) is 0 Å². The normalized spacial score (nSPS) is 13.3. The van der Waals surface area contributed by atoms with Crippen LogP contribution in [-0.4, -0.2) is 27.1 Å². The first kappa shape index (κ1) is 20.2. The highest BCUT2D eigenvalue weighted by atomic mass is 16.5. The van der Waals surface area contributed by atoms with Crippen LogP contribution in [0.3, 0.4) is 0 Å². The van der Waals surface area contributed by atoms with E-state index in [1.165, 1.54) is 0 Å². The maximum atomic E-state index is 12.9. The van der Waals surface area contributed by atoms with E-state index in [0.717, 1.165) is 53.9 Å². The summed E-state index contributed by atoms with van der Waals surface area (Å²) in [6.45, 7) is 5.40. The summed E-state index contributed by atoms with van der Waals surface area (Å²) >= 11 is 0. The van der Waals surface area contributed by atoms with Crippen molar-refractivity contribution in [2.45, 2.75) is 39.7 Å². The number of ether oxygens (including phenoxy) is 1. The lowest BCUT2D eigenvalue weighted by Crippen LogP contribution is -2.32. The molecule has 0 N–H and O–H groups in total. The molecule has 0 radical (unpaired) electrons. The molecule has 30 heavy (non-hydrogen) atoms. The van der Waals surface area contributed by atoms with E-state index >= 15 is 0 Å². The highest BCUT2D eigenvalue weighted by Crippen LogP contribution is 2.36. The molecule has 1 aliphatic rings. The number of carbonyl (C=O) groups is 1. The molecule has 1 aliphatic carbocycles. The van der Waals surface area contributed by atoms with Crippen LogP contribution >= 0.6 is 0 Å². The molecule has 5 heteroatoms. The zero-order valence-electron chi connectivity index (χ0n) is 18.0. The van der Waals surface area contributed by atoms with Crippen molar-refractivity contribution in [1.29, 1.82) is 0 Å². The molecule has 5 nitrogen and oxygen atoms in total. The van der Waals surface area contributed by atoms with Crippen molar-refractivity contribution in [2.24, 2.45) is 13.0 Å². The summed E-state index contributed by atoms with van der Waals surface area (Å²) in [6, 6.07) is 18.1. The summed E-state index contributed by atoms with van der Waals surface area (Å²) in [4.78, 5) is 14.9. The summed E-state index contributed by atoms with van der Waals surface area (Å²) < 4.78 is 8.10. The molecule has 2 aromatic carbocycles. The van der Waals surface area contributed by atoms with E-state index in [-0.39, 0.29) is 11.8 Å². The number of hydrogen-bond acceptors (Lipinski definition) is 3. The third-order valence-electron chi connectivity index (χ3n) is 5.42. The molecular formula is C25H29N3O2. The summed E-state index contributed by atoms with van der Waals surface area (Å²) in [5.41, 5.74) is 3.98. The van der Waals surface area contributed by atoms with Gasteiger partial charge in [0.05, 0.1) is 12.1 Å². The van der Waals surface area contributed by atoms with Crippen LogP contribution in [0.2, 0.25) is 0 Å². The first-order valence-corrected chi connectivity index (χ1v) is 10.7. The zero-order valence-corrected chi connectivity index (χ0v) is 18.0. The van der Waals surface area contributed by atoms with Gasteiger partial charge in [-0.05, 0) is 43.9 Å². The van der Waals surface area contributed by atoms with Crippen LogP contribution in [0.4, 0.5) is 0 Å². The number of rotatable bonds is 8. The van der Waals surface area contributed by atoms with E-state index in [2.05, 4.69) is 19.1 Å². The second-order valence-corrected chi connectivity index (χ2v) is 8.07. The summed E-state index contributed by atoms with van der Waals surface area (Å²) in [7, 11) is 1.90. The van der Waals surface area contributed by atoms with Crippen molar-refractivity contribution < 1.29 is 9.53 Å². The SMILES string of the molecule is CCCN(Cc1c(-c2ccccc2)nn(C)c1Oc1cccc(C)c1)C(=O)C1CC1. The number of carbonyl (C=O) groups excluding carboxylic acids is 1. The highest BCUT2D eigenvalue weighted by Gasteiger charge is 2.34. The van der Waals surface area contributed by atoms with Crippen LogP contribution in [0.5, 0.6) is 11.6 Å². The summed E-state index contributed by atoms with van der Waals surface area (Å²) in [5, 5.41) is 4.79. The Labute approximate surface area is 178 Å². The largest absolute Gasteiger partial charge is 0.439 e. The van der Waals surface area contributed by atoms with Crippen molar-refractivity contribution in [2.75, 3.05) is 6.54 Å². The standard InChI is InChI=1S/C25H29N3O2/c1-4-15-28(24(29)20-13-14-20)17-22-23(19-10-6-5-7-11-19)26-27(3)25(22)30-21-12-8-9-18(2)16-21/h5-12,16,20H,4,13-15,17H2,1-3H3. The Morgan fingerprint density at radius 1 is 1.17 bits per heavy atom. The van der Waals surface area contributed by atoms with Crippen LogP contribution in [0.1, 0.15) is 37.3 Å². The summed E-state index contributed by atoms with van der Waals surface area (Å²) in [5.74, 6) is 1.90. The lowest BCUT2D eigenvalue weighted by atomic mass is 10.1. The van der Waals surface area contributed by atoms with Gasteiger partial charge in [0.25, 0.3) is 0 Å². The second kappa shape index (κ2) is 8.74. The van der Waals surface area contributed by atoms with Gasteiger partial charge in [-0.25, -0.2) is 4.68 Å². The van der Waals surface area contributed by atoms with E-state index < -0.39 is 0 Å². The third kappa shape index (κ3) is 4.40. The minimum Gasteiger partial charge on any atom is -0.439 e. The van der Waals surface area contributed by atoms with Gasteiger partial charge in [-0.15, -0.1) is 0 Å². The maximum Gasteiger partial charge on any atom is 0.225 e. The van der Waals surface area contributed by atoms with Gasteiger partial charge in [0.1, 0.15) is 11.4 Å². The smallest absolute Gasteiger partial charge is 0.225 e. The highest BCUT2D eigenvalue weighted by molar-refractivity contribution is 5.81. The molecule has 0 aliphatic heterocycles. The van der Waals surface area contributed by atoms with Gasteiger partial charge >= 0.3 is 0 Å². The molecule has 1 saturated carbocycles.